The number of aromatic amines is 1. The van der Waals surface area contributed by atoms with Gasteiger partial charge in [-0.2, -0.15) is 0 Å². The molecule has 0 atom stereocenters. The second kappa shape index (κ2) is 7.18. The summed E-state index contributed by atoms with van der Waals surface area (Å²) in [5.74, 6) is 0.0305. The van der Waals surface area contributed by atoms with Crippen molar-refractivity contribution in [3.8, 4) is 0 Å². The molecule has 29 heavy (non-hydrogen) atoms. The van der Waals surface area contributed by atoms with Crippen molar-refractivity contribution in [1.82, 2.24) is 24.2 Å². The minimum absolute atomic E-state index is 0.0305. The van der Waals surface area contributed by atoms with Gasteiger partial charge in [-0.25, -0.2) is 4.98 Å². The van der Waals surface area contributed by atoms with E-state index in [1.807, 2.05) is 53.4 Å². The molecular weight excluding hydrogens is 366 g/mol. The number of fused-ring (bicyclic) bond motifs is 2. The molecule has 1 aliphatic rings. The first-order valence-corrected chi connectivity index (χ1v) is 9.74. The molecule has 1 N–H and O–H groups in total. The molecule has 1 aliphatic heterocycles. The maximum Gasteiger partial charge on any atom is 0.270 e. The topological polar surface area (TPSA) is 73.7 Å². The summed E-state index contributed by atoms with van der Waals surface area (Å²) in [7, 11) is 0. The van der Waals surface area contributed by atoms with Crippen LogP contribution in [-0.4, -0.2) is 56.3 Å². The lowest BCUT2D eigenvalue weighted by Gasteiger charge is -2.34. The highest BCUT2D eigenvalue weighted by atomic mass is 16.2. The highest BCUT2D eigenvalue weighted by Crippen LogP contribution is 2.17. The molecule has 146 valence electrons. The Morgan fingerprint density at radius 3 is 2.62 bits per heavy atom. The first-order valence-electron chi connectivity index (χ1n) is 9.74. The third-order valence-corrected chi connectivity index (χ3v) is 5.43. The zero-order valence-electron chi connectivity index (χ0n) is 15.9. The van der Waals surface area contributed by atoms with Gasteiger partial charge in [0, 0.05) is 55.9 Å². The molecule has 0 bridgehead atoms. The smallest absolute Gasteiger partial charge is 0.270 e. The number of benzene rings is 1. The Labute approximate surface area is 167 Å². The van der Waals surface area contributed by atoms with Crippen LogP contribution in [0.1, 0.15) is 16.2 Å². The SMILES string of the molecule is O=C(c1cc2ccccc2[nH]1)N1CCN(Cc2cc(=O)n3ccccc3n2)CC1. The molecule has 1 saturated heterocycles. The van der Waals surface area contributed by atoms with Gasteiger partial charge in [0.05, 0.1) is 5.69 Å². The van der Waals surface area contributed by atoms with Crippen LogP contribution in [0.5, 0.6) is 0 Å². The number of amides is 1. The van der Waals surface area contributed by atoms with E-state index >= 15 is 0 Å². The maximum absolute atomic E-state index is 12.8. The van der Waals surface area contributed by atoms with Gasteiger partial charge < -0.3 is 9.88 Å². The molecule has 0 spiro atoms. The zero-order chi connectivity index (χ0) is 19.8. The van der Waals surface area contributed by atoms with Crippen molar-refractivity contribution in [2.45, 2.75) is 6.54 Å². The van der Waals surface area contributed by atoms with Crippen LogP contribution >= 0.6 is 0 Å². The van der Waals surface area contributed by atoms with Crippen LogP contribution in [0, 0.1) is 0 Å². The van der Waals surface area contributed by atoms with Gasteiger partial charge >= 0.3 is 0 Å². The fourth-order valence-corrected chi connectivity index (χ4v) is 3.88. The number of nitrogens with one attached hydrogen (secondary N) is 1. The van der Waals surface area contributed by atoms with E-state index in [-0.39, 0.29) is 11.5 Å². The van der Waals surface area contributed by atoms with Crippen molar-refractivity contribution in [1.29, 1.82) is 0 Å². The van der Waals surface area contributed by atoms with Gasteiger partial charge in [0.1, 0.15) is 11.3 Å². The fraction of sp³-hybridized carbons (Fsp3) is 0.227. The Bertz CT molecular complexity index is 1220. The van der Waals surface area contributed by atoms with Gasteiger partial charge in [-0.1, -0.05) is 24.3 Å². The first kappa shape index (κ1) is 17.6. The van der Waals surface area contributed by atoms with Crippen LogP contribution in [-0.2, 0) is 6.54 Å². The van der Waals surface area contributed by atoms with E-state index < -0.39 is 0 Å². The van der Waals surface area contributed by atoms with Gasteiger partial charge in [0.2, 0.25) is 0 Å². The van der Waals surface area contributed by atoms with Crippen molar-refractivity contribution in [2.75, 3.05) is 26.2 Å². The number of para-hydroxylation sites is 1. The Balaban J connectivity index is 1.25. The van der Waals surface area contributed by atoms with Crippen LogP contribution in [0.2, 0.25) is 0 Å². The fourth-order valence-electron chi connectivity index (χ4n) is 3.88. The Kier molecular flexibility index (Phi) is 4.37. The Hall–Kier alpha value is -3.45. The highest BCUT2D eigenvalue weighted by Gasteiger charge is 2.23. The van der Waals surface area contributed by atoms with Gasteiger partial charge in [-0.3, -0.25) is 18.9 Å². The molecule has 4 aromatic rings. The second-order valence-electron chi connectivity index (χ2n) is 7.35. The summed E-state index contributed by atoms with van der Waals surface area (Å²) in [6.07, 6.45) is 1.73. The average molecular weight is 387 g/mol. The van der Waals surface area contributed by atoms with Crippen molar-refractivity contribution in [3.63, 3.8) is 0 Å². The summed E-state index contributed by atoms with van der Waals surface area (Å²) in [5.41, 5.74) is 2.95. The van der Waals surface area contributed by atoms with E-state index in [0.717, 1.165) is 29.7 Å². The molecule has 5 rings (SSSR count). The molecule has 1 aromatic carbocycles. The molecule has 1 fully saturated rings. The van der Waals surface area contributed by atoms with Crippen molar-refractivity contribution < 1.29 is 4.79 Å². The lowest BCUT2D eigenvalue weighted by molar-refractivity contribution is 0.0622. The van der Waals surface area contributed by atoms with Gasteiger partial charge in [-0.15, -0.1) is 0 Å². The largest absolute Gasteiger partial charge is 0.351 e. The highest BCUT2D eigenvalue weighted by molar-refractivity contribution is 5.98. The van der Waals surface area contributed by atoms with E-state index in [4.69, 9.17) is 0 Å². The number of hydrogen-bond acceptors (Lipinski definition) is 4. The third kappa shape index (κ3) is 3.40. The molecule has 0 aliphatic carbocycles. The van der Waals surface area contributed by atoms with Crippen LogP contribution in [0.15, 0.2) is 65.6 Å². The molecule has 7 nitrogen and oxygen atoms in total. The summed E-state index contributed by atoms with van der Waals surface area (Å²) < 4.78 is 1.54. The van der Waals surface area contributed by atoms with Crippen LogP contribution < -0.4 is 5.56 Å². The number of nitrogens with zero attached hydrogens (tertiary/aromatic N) is 4. The van der Waals surface area contributed by atoms with Crippen molar-refractivity contribution in [3.05, 3.63) is 82.5 Å². The van der Waals surface area contributed by atoms with Gasteiger partial charge in [-0.05, 0) is 24.3 Å². The molecule has 4 heterocycles. The number of pyridine rings is 1. The van der Waals surface area contributed by atoms with E-state index in [9.17, 15) is 9.59 Å². The number of aromatic nitrogens is 3. The quantitative estimate of drug-likeness (QED) is 0.585. The standard InChI is InChI=1S/C22H21N5O2/c28-21-14-17(23-20-7-3-4-8-27(20)21)15-25-9-11-26(12-10-25)22(29)19-13-16-5-1-2-6-18(16)24-19/h1-8,13-14,24H,9-12,15H2. The van der Waals surface area contributed by atoms with Gasteiger partial charge in [0.15, 0.2) is 0 Å². The third-order valence-electron chi connectivity index (χ3n) is 5.43. The number of rotatable bonds is 3. The summed E-state index contributed by atoms with van der Waals surface area (Å²) in [6.45, 7) is 3.42. The van der Waals surface area contributed by atoms with Crippen molar-refractivity contribution >= 4 is 22.5 Å². The van der Waals surface area contributed by atoms with Crippen LogP contribution in [0.25, 0.3) is 16.6 Å². The molecule has 1 amide bonds. The number of H-pyrrole nitrogens is 1. The summed E-state index contributed by atoms with van der Waals surface area (Å²) >= 11 is 0. The Morgan fingerprint density at radius 2 is 1.79 bits per heavy atom. The summed E-state index contributed by atoms with van der Waals surface area (Å²) in [4.78, 5) is 37.0. The maximum atomic E-state index is 12.8. The molecule has 0 unspecified atom stereocenters. The monoisotopic (exact) mass is 387 g/mol. The van der Waals surface area contributed by atoms with E-state index in [0.29, 0.717) is 31.0 Å². The molecular formula is C22H21N5O2. The lowest BCUT2D eigenvalue weighted by atomic mass is 10.2. The van der Waals surface area contributed by atoms with Crippen molar-refractivity contribution in [2.24, 2.45) is 0 Å². The van der Waals surface area contributed by atoms with Gasteiger partial charge in [0.25, 0.3) is 11.5 Å². The predicted octanol–water partition coefficient (Wildman–Crippen LogP) is 2.13. The van der Waals surface area contributed by atoms with E-state index in [2.05, 4.69) is 14.9 Å². The molecule has 3 aromatic heterocycles. The average Bonchev–Trinajstić information content (AvgIpc) is 3.18. The summed E-state index contributed by atoms with van der Waals surface area (Å²) in [6, 6.07) is 16.9. The second-order valence-corrected chi connectivity index (χ2v) is 7.35. The molecule has 7 heteroatoms. The zero-order valence-corrected chi connectivity index (χ0v) is 15.9. The number of piperazine rings is 1. The number of carbonyl (C=O) groups is 1. The van der Waals surface area contributed by atoms with Crippen LogP contribution in [0.3, 0.4) is 0 Å². The molecule has 0 saturated carbocycles. The lowest BCUT2D eigenvalue weighted by Crippen LogP contribution is -2.48. The predicted molar refractivity (Wildman–Crippen MR) is 111 cm³/mol. The van der Waals surface area contributed by atoms with E-state index in [1.165, 1.54) is 0 Å². The normalized spacial score (nSPS) is 15.2. The summed E-state index contributed by atoms with van der Waals surface area (Å²) in [5, 5.41) is 1.04. The minimum Gasteiger partial charge on any atom is -0.351 e. The molecule has 0 radical (unpaired) electrons. The Morgan fingerprint density at radius 1 is 1.00 bits per heavy atom. The van der Waals surface area contributed by atoms with Crippen LogP contribution in [0.4, 0.5) is 0 Å². The number of carbonyl (C=O) groups excluding carboxylic acids is 1. The minimum atomic E-state index is -0.0711. The van der Waals surface area contributed by atoms with E-state index in [1.54, 1.807) is 16.7 Å². The number of hydrogen-bond donors (Lipinski definition) is 1. The first-order chi connectivity index (χ1) is 14.2.